The Labute approximate surface area is 213 Å². The lowest BCUT2D eigenvalue weighted by Gasteiger charge is -2.39. The molecule has 2 aliphatic carbocycles. The zero-order valence-corrected chi connectivity index (χ0v) is 21.6. The molecular weight excluding hydrogens is 466 g/mol. The van der Waals surface area contributed by atoms with Crippen molar-refractivity contribution in [1.82, 2.24) is 25.3 Å². The first-order valence-corrected chi connectivity index (χ1v) is 14.1. The molecule has 0 aromatic heterocycles. The van der Waals surface area contributed by atoms with Crippen LogP contribution in [0.5, 0.6) is 0 Å². The Kier molecular flexibility index (Phi) is 8.15. The number of likely N-dealkylation sites (tertiary alicyclic amines) is 1. The minimum Gasteiger partial charge on any atom is -0.369 e. The van der Waals surface area contributed by atoms with Gasteiger partial charge in [-0.3, -0.25) is 24.3 Å². The highest BCUT2D eigenvalue weighted by Crippen LogP contribution is 2.39. The molecule has 3 saturated heterocycles. The third-order valence-electron chi connectivity index (χ3n) is 9.64. The van der Waals surface area contributed by atoms with Crippen LogP contribution in [0.4, 0.5) is 8.78 Å². The lowest BCUT2D eigenvalue weighted by Crippen LogP contribution is -2.54. The zero-order chi connectivity index (χ0) is 25.4. The average Bonchev–Trinajstić information content (AvgIpc) is 3.50. The smallest absolute Gasteiger partial charge is 0.237 e. The third kappa shape index (κ3) is 5.87. The van der Waals surface area contributed by atoms with E-state index < -0.39 is 12.3 Å². The normalized spacial score (nSPS) is 42.8. The lowest BCUT2D eigenvalue weighted by atomic mass is 9.77. The van der Waals surface area contributed by atoms with Crippen molar-refractivity contribution in [2.24, 2.45) is 17.6 Å². The van der Waals surface area contributed by atoms with E-state index in [1.54, 1.807) is 0 Å². The van der Waals surface area contributed by atoms with Crippen LogP contribution in [-0.4, -0.2) is 115 Å². The largest absolute Gasteiger partial charge is 0.369 e. The molecule has 9 atom stereocenters. The summed E-state index contributed by atoms with van der Waals surface area (Å²) in [4.78, 5) is 31.3. The van der Waals surface area contributed by atoms with E-state index in [1.807, 2.05) is 0 Å². The number of nitrogens with one attached hydrogen (secondary N) is 2. The SMILES string of the molecule is CC1CCC(F)C2CC(C(=O)NC3CC(F)CC(N4CCC(N5CCN(CC(N)=O)CC5)C4)C3)NC12. The Morgan fingerprint density at radius 3 is 2.44 bits per heavy atom. The first-order valence-electron chi connectivity index (χ1n) is 14.1. The second kappa shape index (κ2) is 11.2. The van der Waals surface area contributed by atoms with Gasteiger partial charge in [-0.2, -0.15) is 0 Å². The number of primary amides is 1. The molecule has 10 heteroatoms. The van der Waals surface area contributed by atoms with E-state index in [9.17, 15) is 18.4 Å². The molecule has 5 fully saturated rings. The Morgan fingerprint density at radius 1 is 0.944 bits per heavy atom. The molecule has 2 saturated carbocycles. The Balaban J connectivity index is 1.10. The number of piperazine rings is 1. The van der Waals surface area contributed by atoms with Crippen molar-refractivity contribution in [2.75, 3.05) is 45.8 Å². The summed E-state index contributed by atoms with van der Waals surface area (Å²) in [5.41, 5.74) is 5.33. The highest BCUT2D eigenvalue weighted by atomic mass is 19.1. The van der Waals surface area contributed by atoms with Crippen LogP contribution >= 0.6 is 0 Å². The number of halogens is 2. The van der Waals surface area contributed by atoms with Gasteiger partial charge < -0.3 is 16.4 Å². The maximum absolute atomic E-state index is 14.8. The number of alkyl halides is 2. The molecular formula is C26H44F2N6O2. The van der Waals surface area contributed by atoms with Crippen LogP contribution in [-0.2, 0) is 9.59 Å². The van der Waals surface area contributed by atoms with E-state index in [-0.39, 0.29) is 41.9 Å². The van der Waals surface area contributed by atoms with Crippen molar-refractivity contribution in [3.63, 3.8) is 0 Å². The molecule has 204 valence electrons. The number of hydrogen-bond donors (Lipinski definition) is 3. The zero-order valence-electron chi connectivity index (χ0n) is 21.6. The maximum Gasteiger partial charge on any atom is 0.237 e. The molecule has 5 rings (SSSR count). The van der Waals surface area contributed by atoms with Gasteiger partial charge >= 0.3 is 0 Å². The molecule has 0 aromatic rings. The fraction of sp³-hybridized carbons (Fsp3) is 0.923. The van der Waals surface area contributed by atoms with Crippen LogP contribution in [0.1, 0.15) is 51.9 Å². The number of nitrogens with zero attached hydrogens (tertiary/aromatic N) is 3. The van der Waals surface area contributed by atoms with Crippen molar-refractivity contribution in [2.45, 2.75) is 94.4 Å². The second-order valence-corrected chi connectivity index (χ2v) is 12.1. The van der Waals surface area contributed by atoms with Gasteiger partial charge in [-0.05, 0) is 50.9 Å². The van der Waals surface area contributed by atoms with Crippen LogP contribution in [0.3, 0.4) is 0 Å². The van der Waals surface area contributed by atoms with E-state index in [0.29, 0.717) is 44.2 Å². The summed E-state index contributed by atoms with van der Waals surface area (Å²) in [6, 6.07) is 0.106. The van der Waals surface area contributed by atoms with Gasteiger partial charge in [-0.15, -0.1) is 0 Å². The summed E-state index contributed by atoms with van der Waals surface area (Å²) < 4.78 is 29.3. The van der Waals surface area contributed by atoms with Gasteiger partial charge in [-0.25, -0.2) is 8.78 Å². The van der Waals surface area contributed by atoms with Crippen LogP contribution in [0.2, 0.25) is 0 Å². The predicted molar refractivity (Wildman–Crippen MR) is 134 cm³/mol. The molecule has 5 aliphatic rings. The molecule has 0 aromatic carbocycles. The molecule has 3 aliphatic heterocycles. The molecule has 0 spiro atoms. The number of nitrogens with two attached hydrogens (primary N) is 1. The summed E-state index contributed by atoms with van der Waals surface area (Å²) in [5, 5.41) is 6.54. The topological polar surface area (TPSA) is 93.9 Å². The van der Waals surface area contributed by atoms with E-state index in [4.69, 9.17) is 5.73 Å². The monoisotopic (exact) mass is 510 g/mol. The number of fused-ring (bicyclic) bond motifs is 1. The van der Waals surface area contributed by atoms with Crippen LogP contribution in [0.25, 0.3) is 0 Å². The Morgan fingerprint density at radius 2 is 1.72 bits per heavy atom. The fourth-order valence-corrected chi connectivity index (χ4v) is 7.64. The molecule has 0 bridgehead atoms. The predicted octanol–water partition coefficient (Wildman–Crippen LogP) is 0.654. The molecule has 8 nitrogen and oxygen atoms in total. The first-order chi connectivity index (χ1) is 17.3. The van der Waals surface area contributed by atoms with Crippen molar-refractivity contribution >= 4 is 11.8 Å². The summed E-state index contributed by atoms with van der Waals surface area (Å²) in [6.07, 6.45) is 2.97. The molecule has 4 N–H and O–H groups in total. The van der Waals surface area contributed by atoms with Gasteiger partial charge in [0.1, 0.15) is 12.3 Å². The maximum atomic E-state index is 14.8. The Hall–Kier alpha value is -1.36. The summed E-state index contributed by atoms with van der Waals surface area (Å²) >= 11 is 0. The van der Waals surface area contributed by atoms with E-state index in [0.717, 1.165) is 58.5 Å². The first kappa shape index (κ1) is 26.3. The van der Waals surface area contributed by atoms with Gasteiger partial charge in [0.05, 0.1) is 12.6 Å². The van der Waals surface area contributed by atoms with E-state index >= 15 is 0 Å². The molecule has 2 amide bonds. The standard InChI is InChI=1S/C26H44F2N6O2/c1-16-2-3-22(28)21-13-23(31-25(16)21)26(36)30-18-10-17(27)11-20(12-18)34-5-4-19(14-34)33-8-6-32(7-9-33)15-24(29)35/h16-23,25,31H,2-15H2,1H3,(H2,29,35)(H,30,36). The van der Waals surface area contributed by atoms with Gasteiger partial charge in [0, 0.05) is 69.4 Å². The third-order valence-corrected chi connectivity index (χ3v) is 9.64. The van der Waals surface area contributed by atoms with Gasteiger partial charge in [0.2, 0.25) is 11.8 Å². The number of hydrogen-bond acceptors (Lipinski definition) is 6. The van der Waals surface area contributed by atoms with Crippen LogP contribution in [0, 0.1) is 11.8 Å². The fourth-order valence-electron chi connectivity index (χ4n) is 7.64. The minimum atomic E-state index is -0.917. The van der Waals surface area contributed by atoms with Crippen LogP contribution < -0.4 is 16.4 Å². The number of carbonyl (C=O) groups excluding carboxylic acids is 2. The van der Waals surface area contributed by atoms with Crippen LogP contribution in [0.15, 0.2) is 0 Å². The molecule has 3 heterocycles. The van der Waals surface area contributed by atoms with E-state index in [1.165, 1.54) is 0 Å². The second-order valence-electron chi connectivity index (χ2n) is 12.1. The summed E-state index contributed by atoms with van der Waals surface area (Å²) in [5.74, 6) is -0.0757. The highest BCUT2D eigenvalue weighted by molar-refractivity contribution is 5.82. The van der Waals surface area contributed by atoms with E-state index in [2.05, 4.69) is 32.3 Å². The molecule has 36 heavy (non-hydrogen) atoms. The summed E-state index contributed by atoms with van der Waals surface area (Å²) in [7, 11) is 0. The van der Waals surface area contributed by atoms with Crippen molar-refractivity contribution in [3.8, 4) is 0 Å². The van der Waals surface area contributed by atoms with Crippen molar-refractivity contribution in [3.05, 3.63) is 0 Å². The average molecular weight is 511 g/mol. The number of carbonyl (C=O) groups is 2. The number of rotatable bonds is 6. The van der Waals surface area contributed by atoms with Gasteiger partial charge in [0.15, 0.2) is 0 Å². The quantitative estimate of drug-likeness (QED) is 0.486. The van der Waals surface area contributed by atoms with Gasteiger partial charge in [-0.1, -0.05) is 6.92 Å². The Bertz CT molecular complexity index is 778. The molecule has 0 radical (unpaired) electrons. The lowest BCUT2D eigenvalue weighted by molar-refractivity contribution is -0.124. The number of amides is 2. The molecule has 9 unspecified atom stereocenters. The van der Waals surface area contributed by atoms with Gasteiger partial charge in [0.25, 0.3) is 0 Å². The summed E-state index contributed by atoms with van der Waals surface area (Å²) in [6.45, 7) is 7.89. The minimum absolute atomic E-state index is 0.0664. The highest BCUT2D eigenvalue weighted by Gasteiger charge is 2.47. The van der Waals surface area contributed by atoms with Crippen molar-refractivity contribution in [1.29, 1.82) is 0 Å². The van der Waals surface area contributed by atoms with Crippen molar-refractivity contribution < 1.29 is 18.4 Å².